The third kappa shape index (κ3) is 2.69. The van der Waals surface area contributed by atoms with Gasteiger partial charge in [-0.15, -0.1) is 0 Å². The number of hydrogen-bond donors (Lipinski definition) is 1. The molecule has 0 aliphatic carbocycles. The van der Waals surface area contributed by atoms with Gasteiger partial charge in [-0.1, -0.05) is 24.3 Å². The Morgan fingerprint density at radius 2 is 1.47 bits per heavy atom. The van der Waals surface area contributed by atoms with Crippen LogP contribution in [-0.2, 0) is 0 Å². The first kappa shape index (κ1) is 13.1. The molecule has 0 atom stereocenters. The fourth-order valence-electron chi connectivity index (χ4n) is 2.02. The Morgan fingerprint density at radius 3 is 2.26 bits per heavy atom. The summed E-state index contributed by atoms with van der Waals surface area (Å²) >= 11 is 4.46. The van der Waals surface area contributed by atoms with Crippen molar-refractivity contribution in [1.29, 1.82) is 0 Å². The smallest absolute Gasteiger partial charge is 0.256 e. The third-order valence-corrected chi connectivity index (χ3v) is 4.31. The minimum atomic E-state index is -0.0545. The Morgan fingerprint density at radius 1 is 0.842 bits per heavy atom. The molecule has 0 saturated carbocycles. The molecule has 2 nitrogen and oxygen atoms in total. The fraction of sp³-hybridized carbons (Fsp3) is 0. The summed E-state index contributed by atoms with van der Waals surface area (Å²) in [6.07, 6.45) is 4.03. The van der Waals surface area contributed by atoms with Crippen LogP contribution in [-0.4, -0.2) is 5.91 Å². The highest BCUT2D eigenvalue weighted by Crippen LogP contribution is 2.26. The van der Waals surface area contributed by atoms with Gasteiger partial charge in [0.05, 0.1) is 0 Å². The molecule has 4 heteroatoms. The zero-order valence-corrected chi connectivity index (χ0v) is 14.1. The van der Waals surface area contributed by atoms with Gasteiger partial charge < -0.3 is 5.32 Å². The second kappa shape index (κ2) is 5.24. The van der Waals surface area contributed by atoms with E-state index >= 15 is 0 Å². The van der Waals surface area contributed by atoms with E-state index in [9.17, 15) is 4.79 Å². The minimum absolute atomic E-state index is 0.0545. The maximum Gasteiger partial charge on any atom is 0.256 e. The van der Waals surface area contributed by atoms with Crippen LogP contribution < -0.4 is 5.32 Å². The molecular formula is C15H9I2NO. The van der Waals surface area contributed by atoms with Gasteiger partial charge in [-0.2, -0.15) is 0 Å². The fourth-order valence-corrected chi connectivity index (χ4v) is 3.00. The number of nitrogens with one attached hydrogen (secondary N) is 1. The van der Waals surface area contributed by atoms with E-state index in [1.54, 1.807) is 0 Å². The third-order valence-electron chi connectivity index (χ3n) is 2.97. The minimum Gasteiger partial charge on any atom is -0.321 e. The number of fused-ring (bicyclic) bond motifs is 2. The highest BCUT2D eigenvalue weighted by molar-refractivity contribution is 14.1. The number of benzene rings is 2. The largest absolute Gasteiger partial charge is 0.321 e. The Hall–Kier alpha value is -0.890. The summed E-state index contributed by atoms with van der Waals surface area (Å²) in [4.78, 5) is 12.3. The number of rotatable bonds is 0. The number of halogens is 2. The Bertz CT molecular complexity index is 707. The average molecular weight is 473 g/mol. The van der Waals surface area contributed by atoms with Gasteiger partial charge in [0.25, 0.3) is 5.91 Å². The van der Waals surface area contributed by atoms with Gasteiger partial charge in [-0.05, 0) is 80.6 Å². The summed E-state index contributed by atoms with van der Waals surface area (Å²) in [5.74, 6) is -0.0545. The van der Waals surface area contributed by atoms with Crippen molar-refractivity contribution in [2.45, 2.75) is 0 Å². The van der Waals surface area contributed by atoms with Gasteiger partial charge >= 0.3 is 0 Å². The van der Waals surface area contributed by atoms with Crippen molar-refractivity contribution in [3.63, 3.8) is 0 Å². The summed E-state index contributed by atoms with van der Waals surface area (Å²) in [6, 6.07) is 11.9. The first-order valence-corrected chi connectivity index (χ1v) is 7.88. The number of anilines is 1. The van der Waals surface area contributed by atoms with Crippen molar-refractivity contribution >= 4 is 68.9 Å². The molecule has 3 rings (SSSR count). The number of carbonyl (C=O) groups excluding carboxylic acids is 1. The van der Waals surface area contributed by atoms with Crippen molar-refractivity contribution in [3.05, 3.63) is 60.2 Å². The summed E-state index contributed by atoms with van der Waals surface area (Å²) in [5.41, 5.74) is 3.55. The van der Waals surface area contributed by atoms with Gasteiger partial charge in [0.15, 0.2) is 0 Å². The first-order chi connectivity index (χ1) is 9.13. The van der Waals surface area contributed by atoms with E-state index in [0.717, 1.165) is 24.0 Å². The second-order valence-corrected chi connectivity index (χ2v) is 6.74. The molecule has 0 fully saturated rings. The predicted octanol–water partition coefficient (Wildman–Crippen LogP) is 4.63. The normalized spacial score (nSPS) is 14.7. The highest BCUT2D eigenvalue weighted by atomic mass is 127. The molecule has 0 unspecified atom stereocenters. The van der Waals surface area contributed by atoms with Crippen molar-refractivity contribution in [3.8, 4) is 0 Å². The van der Waals surface area contributed by atoms with Crippen molar-refractivity contribution in [1.82, 2.24) is 0 Å². The molecule has 0 spiro atoms. The lowest BCUT2D eigenvalue weighted by Gasteiger charge is -2.14. The topological polar surface area (TPSA) is 29.1 Å². The van der Waals surface area contributed by atoms with Crippen LogP contribution in [0.5, 0.6) is 0 Å². The Labute approximate surface area is 138 Å². The van der Waals surface area contributed by atoms with E-state index in [0.29, 0.717) is 5.56 Å². The summed E-state index contributed by atoms with van der Waals surface area (Å²) in [5, 5.41) is 2.99. The molecule has 2 aromatic carbocycles. The van der Waals surface area contributed by atoms with E-state index in [4.69, 9.17) is 0 Å². The van der Waals surface area contributed by atoms with E-state index in [-0.39, 0.29) is 5.91 Å². The van der Waals surface area contributed by atoms with Crippen LogP contribution in [0.25, 0.3) is 12.2 Å². The predicted molar refractivity (Wildman–Crippen MR) is 95.2 cm³/mol. The molecule has 2 aromatic rings. The molecule has 1 N–H and O–H groups in total. The van der Waals surface area contributed by atoms with Gasteiger partial charge in [-0.3, -0.25) is 4.79 Å². The van der Waals surface area contributed by atoms with Crippen LogP contribution in [0.15, 0.2) is 36.4 Å². The van der Waals surface area contributed by atoms with E-state index < -0.39 is 0 Å². The molecule has 1 heterocycles. The van der Waals surface area contributed by atoms with Crippen molar-refractivity contribution in [2.24, 2.45) is 0 Å². The summed E-state index contributed by atoms with van der Waals surface area (Å²) in [7, 11) is 0. The maximum atomic E-state index is 12.3. The van der Waals surface area contributed by atoms with Crippen LogP contribution in [0.3, 0.4) is 0 Å². The first-order valence-electron chi connectivity index (χ1n) is 5.72. The maximum absolute atomic E-state index is 12.3. The lowest BCUT2D eigenvalue weighted by Crippen LogP contribution is -2.15. The standard InChI is InChI=1S/C15H9I2NO/c16-11-5-3-9-1-2-10-4-6-12(17)8-14(10)18-15(19)13(9)7-11/h1-8H,(H,18,19). The van der Waals surface area contributed by atoms with E-state index in [1.165, 1.54) is 0 Å². The van der Waals surface area contributed by atoms with Crippen LogP contribution >= 0.6 is 45.2 Å². The number of carbonyl (C=O) groups is 1. The van der Waals surface area contributed by atoms with Crippen LogP contribution in [0.1, 0.15) is 21.5 Å². The SMILES string of the molecule is O=C1Nc2cc(I)ccc2/C=C\c2ccc(I)cc21. The van der Waals surface area contributed by atoms with Crippen LogP contribution in [0.2, 0.25) is 0 Å². The second-order valence-electron chi connectivity index (χ2n) is 4.25. The number of hydrogen-bond acceptors (Lipinski definition) is 1. The molecule has 0 saturated heterocycles. The van der Waals surface area contributed by atoms with E-state index in [1.807, 2.05) is 48.6 Å². The molecule has 1 amide bonds. The number of amides is 1. The summed E-state index contributed by atoms with van der Waals surface area (Å²) in [6.45, 7) is 0. The molecule has 19 heavy (non-hydrogen) atoms. The Kier molecular flexibility index (Phi) is 3.62. The zero-order chi connectivity index (χ0) is 13.4. The lowest BCUT2D eigenvalue weighted by molar-refractivity contribution is 0.102. The zero-order valence-electron chi connectivity index (χ0n) is 9.78. The van der Waals surface area contributed by atoms with Gasteiger partial charge in [-0.25, -0.2) is 0 Å². The van der Waals surface area contributed by atoms with Crippen LogP contribution in [0.4, 0.5) is 5.69 Å². The van der Waals surface area contributed by atoms with E-state index in [2.05, 4.69) is 50.5 Å². The highest BCUT2D eigenvalue weighted by Gasteiger charge is 2.14. The average Bonchev–Trinajstić information content (AvgIpc) is 2.37. The molecule has 1 aliphatic heterocycles. The summed E-state index contributed by atoms with van der Waals surface area (Å²) < 4.78 is 2.16. The molecule has 0 bridgehead atoms. The molecule has 0 radical (unpaired) electrons. The van der Waals surface area contributed by atoms with Crippen molar-refractivity contribution in [2.75, 3.05) is 5.32 Å². The van der Waals surface area contributed by atoms with Crippen LogP contribution in [0, 0.1) is 7.14 Å². The van der Waals surface area contributed by atoms with Gasteiger partial charge in [0, 0.05) is 18.4 Å². The Balaban J connectivity index is 2.18. The molecular weight excluding hydrogens is 464 g/mol. The monoisotopic (exact) mass is 473 g/mol. The lowest BCUT2D eigenvalue weighted by atomic mass is 10.0. The quantitative estimate of drug-likeness (QED) is 0.556. The molecule has 1 aliphatic rings. The molecule has 0 aromatic heterocycles. The van der Waals surface area contributed by atoms with Gasteiger partial charge in [0.1, 0.15) is 0 Å². The molecule has 94 valence electrons. The van der Waals surface area contributed by atoms with Crippen molar-refractivity contribution < 1.29 is 4.79 Å². The van der Waals surface area contributed by atoms with Gasteiger partial charge in [0.2, 0.25) is 0 Å².